The predicted octanol–water partition coefficient (Wildman–Crippen LogP) is 4.12. The molecule has 0 fully saturated rings. The quantitative estimate of drug-likeness (QED) is 0.562. The summed E-state index contributed by atoms with van der Waals surface area (Å²) in [6.07, 6.45) is 1.23. The lowest BCUT2D eigenvalue weighted by molar-refractivity contribution is -0.140. The van der Waals surface area contributed by atoms with Crippen molar-refractivity contribution in [1.82, 2.24) is 10.2 Å². The van der Waals surface area contributed by atoms with Gasteiger partial charge >= 0.3 is 0 Å². The highest BCUT2D eigenvalue weighted by molar-refractivity contribution is 7.99. The first kappa shape index (κ1) is 22.8. The van der Waals surface area contributed by atoms with Crippen LogP contribution in [0.25, 0.3) is 0 Å². The molecule has 0 aliphatic heterocycles. The lowest BCUT2D eigenvalue weighted by atomic mass is 10.1. The molecule has 0 heterocycles. The lowest BCUT2D eigenvalue weighted by Gasteiger charge is -2.29. The summed E-state index contributed by atoms with van der Waals surface area (Å²) in [5.41, 5.74) is 0.934. The average molecular weight is 415 g/mol. The van der Waals surface area contributed by atoms with E-state index in [1.807, 2.05) is 61.5 Å². The SMILES string of the molecule is CCCNC(=O)[C@H](C)N(Cc1cccc(OC)c1)C(=O)CCSc1ccccc1. The second-order valence-electron chi connectivity index (χ2n) is 6.75. The molecule has 2 rings (SSSR count). The normalized spacial score (nSPS) is 11.6. The zero-order chi connectivity index (χ0) is 21.1. The molecule has 0 bridgehead atoms. The van der Waals surface area contributed by atoms with Gasteiger partial charge in [-0.1, -0.05) is 37.3 Å². The van der Waals surface area contributed by atoms with Gasteiger partial charge < -0.3 is 15.0 Å². The average Bonchev–Trinajstić information content (AvgIpc) is 2.76. The Balaban J connectivity index is 2.07. The van der Waals surface area contributed by atoms with Crippen LogP contribution in [-0.2, 0) is 16.1 Å². The number of thioether (sulfide) groups is 1. The summed E-state index contributed by atoms with van der Waals surface area (Å²) in [5.74, 6) is 1.24. The molecule has 1 N–H and O–H groups in total. The highest BCUT2D eigenvalue weighted by atomic mass is 32.2. The van der Waals surface area contributed by atoms with Crippen molar-refractivity contribution in [3.8, 4) is 5.75 Å². The van der Waals surface area contributed by atoms with Crippen LogP contribution in [0.4, 0.5) is 0 Å². The van der Waals surface area contributed by atoms with Crippen molar-refractivity contribution in [3.05, 3.63) is 60.2 Å². The molecule has 2 aromatic carbocycles. The molecule has 0 aliphatic rings. The first-order chi connectivity index (χ1) is 14.0. The van der Waals surface area contributed by atoms with E-state index in [1.165, 1.54) is 0 Å². The van der Waals surface area contributed by atoms with Gasteiger partial charge in [0.25, 0.3) is 0 Å². The highest BCUT2D eigenvalue weighted by Gasteiger charge is 2.25. The number of ether oxygens (including phenoxy) is 1. The fraction of sp³-hybridized carbons (Fsp3) is 0.391. The number of carbonyl (C=O) groups excluding carboxylic acids is 2. The fourth-order valence-corrected chi connectivity index (χ4v) is 3.72. The van der Waals surface area contributed by atoms with E-state index in [2.05, 4.69) is 5.32 Å². The van der Waals surface area contributed by atoms with E-state index < -0.39 is 6.04 Å². The molecule has 5 nitrogen and oxygen atoms in total. The number of nitrogens with one attached hydrogen (secondary N) is 1. The third kappa shape index (κ3) is 7.46. The molecule has 2 amide bonds. The molecule has 2 aromatic rings. The molecule has 1 atom stereocenters. The van der Waals surface area contributed by atoms with E-state index >= 15 is 0 Å². The Bertz CT molecular complexity index is 783. The summed E-state index contributed by atoms with van der Waals surface area (Å²) < 4.78 is 5.29. The topological polar surface area (TPSA) is 58.6 Å². The number of hydrogen-bond acceptors (Lipinski definition) is 4. The van der Waals surface area contributed by atoms with Crippen LogP contribution < -0.4 is 10.1 Å². The van der Waals surface area contributed by atoms with Gasteiger partial charge in [0.1, 0.15) is 11.8 Å². The summed E-state index contributed by atoms with van der Waals surface area (Å²) in [6, 6.07) is 17.1. The Morgan fingerprint density at radius 3 is 2.59 bits per heavy atom. The monoisotopic (exact) mass is 414 g/mol. The van der Waals surface area contributed by atoms with E-state index in [-0.39, 0.29) is 11.8 Å². The molecule has 29 heavy (non-hydrogen) atoms. The summed E-state index contributed by atoms with van der Waals surface area (Å²) in [7, 11) is 1.61. The van der Waals surface area contributed by atoms with Crippen molar-refractivity contribution in [2.24, 2.45) is 0 Å². The molecular formula is C23H30N2O3S. The predicted molar refractivity (Wildman–Crippen MR) is 118 cm³/mol. The zero-order valence-corrected chi connectivity index (χ0v) is 18.2. The Kier molecular flexibility index (Phi) is 9.57. The second-order valence-corrected chi connectivity index (χ2v) is 7.92. The van der Waals surface area contributed by atoms with Crippen LogP contribution in [-0.4, -0.2) is 42.2 Å². The summed E-state index contributed by atoms with van der Waals surface area (Å²) in [4.78, 5) is 28.3. The van der Waals surface area contributed by atoms with Crippen molar-refractivity contribution in [1.29, 1.82) is 0 Å². The maximum absolute atomic E-state index is 13.0. The van der Waals surface area contributed by atoms with E-state index in [0.29, 0.717) is 25.3 Å². The lowest BCUT2D eigenvalue weighted by Crippen LogP contribution is -2.47. The molecule has 156 valence electrons. The van der Waals surface area contributed by atoms with Gasteiger partial charge in [-0.15, -0.1) is 11.8 Å². The van der Waals surface area contributed by atoms with Gasteiger partial charge in [0.05, 0.1) is 7.11 Å². The number of benzene rings is 2. The maximum atomic E-state index is 13.0. The van der Waals surface area contributed by atoms with Gasteiger partial charge in [-0.3, -0.25) is 9.59 Å². The smallest absolute Gasteiger partial charge is 0.242 e. The number of hydrogen-bond donors (Lipinski definition) is 1. The number of carbonyl (C=O) groups is 2. The molecule has 0 saturated carbocycles. The minimum absolute atomic E-state index is 0.0320. The number of methoxy groups -OCH3 is 1. The van der Waals surface area contributed by atoms with E-state index in [9.17, 15) is 9.59 Å². The first-order valence-electron chi connectivity index (χ1n) is 9.93. The van der Waals surface area contributed by atoms with Crippen molar-refractivity contribution in [2.75, 3.05) is 19.4 Å². The minimum atomic E-state index is -0.540. The van der Waals surface area contributed by atoms with E-state index in [0.717, 1.165) is 22.6 Å². The van der Waals surface area contributed by atoms with Crippen LogP contribution in [0.5, 0.6) is 5.75 Å². The zero-order valence-electron chi connectivity index (χ0n) is 17.4. The van der Waals surface area contributed by atoms with Crippen LogP contribution in [0, 0.1) is 0 Å². The fourth-order valence-electron chi connectivity index (χ4n) is 2.86. The van der Waals surface area contributed by atoms with Crippen LogP contribution in [0.2, 0.25) is 0 Å². The van der Waals surface area contributed by atoms with Crippen LogP contribution >= 0.6 is 11.8 Å². The highest BCUT2D eigenvalue weighted by Crippen LogP contribution is 2.20. The van der Waals surface area contributed by atoms with Gasteiger partial charge in [0, 0.05) is 30.2 Å². The summed E-state index contributed by atoms with van der Waals surface area (Å²) in [5, 5.41) is 2.90. The van der Waals surface area contributed by atoms with Gasteiger partial charge in [0.15, 0.2) is 0 Å². The molecule has 0 unspecified atom stereocenters. The molecule has 0 aromatic heterocycles. The van der Waals surface area contributed by atoms with Crippen LogP contribution in [0.1, 0.15) is 32.3 Å². The number of nitrogens with zero attached hydrogens (tertiary/aromatic N) is 1. The maximum Gasteiger partial charge on any atom is 0.242 e. The Morgan fingerprint density at radius 1 is 1.14 bits per heavy atom. The van der Waals surface area contributed by atoms with E-state index in [1.54, 1.807) is 30.7 Å². The molecular weight excluding hydrogens is 384 g/mol. The van der Waals surface area contributed by atoms with Crippen molar-refractivity contribution in [3.63, 3.8) is 0 Å². The third-order valence-corrected chi connectivity index (χ3v) is 5.55. The van der Waals surface area contributed by atoms with Crippen molar-refractivity contribution in [2.45, 2.75) is 44.2 Å². The minimum Gasteiger partial charge on any atom is -0.497 e. The second kappa shape index (κ2) is 12.2. The van der Waals surface area contributed by atoms with Gasteiger partial charge in [-0.25, -0.2) is 0 Å². The van der Waals surface area contributed by atoms with Crippen LogP contribution in [0.15, 0.2) is 59.5 Å². The number of rotatable bonds is 11. The van der Waals surface area contributed by atoms with Gasteiger partial charge in [0.2, 0.25) is 11.8 Å². The molecule has 6 heteroatoms. The molecule has 0 aliphatic carbocycles. The van der Waals surface area contributed by atoms with Crippen LogP contribution in [0.3, 0.4) is 0 Å². The third-order valence-electron chi connectivity index (χ3n) is 4.53. The largest absolute Gasteiger partial charge is 0.497 e. The molecule has 0 spiro atoms. The Morgan fingerprint density at radius 2 is 1.90 bits per heavy atom. The van der Waals surface area contributed by atoms with Crippen molar-refractivity contribution >= 4 is 23.6 Å². The summed E-state index contributed by atoms with van der Waals surface area (Å²) in [6.45, 7) is 4.76. The molecule has 0 radical (unpaired) electrons. The Labute approximate surface area is 177 Å². The van der Waals surface area contributed by atoms with Gasteiger partial charge in [-0.2, -0.15) is 0 Å². The van der Waals surface area contributed by atoms with Gasteiger partial charge in [-0.05, 0) is 43.2 Å². The van der Waals surface area contributed by atoms with E-state index in [4.69, 9.17) is 4.74 Å². The standard InChI is InChI=1S/C23H30N2O3S/c1-4-14-24-23(27)18(2)25(17-19-9-8-10-20(16-19)28-3)22(26)13-15-29-21-11-6-5-7-12-21/h5-12,16,18H,4,13-15,17H2,1-3H3,(H,24,27)/t18-/m0/s1. The first-order valence-corrected chi connectivity index (χ1v) is 10.9. The molecule has 0 saturated heterocycles. The summed E-state index contributed by atoms with van der Waals surface area (Å²) >= 11 is 1.64. The Hall–Kier alpha value is -2.47. The number of amides is 2. The van der Waals surface area contributed by atoms with Crippen molar-refractivity contribution < 1.29 is 14.3 Å².